The number of methoxy groups -OCH3 is 2. The second-order valence-electron chi connectivity index (χ2n) is 6.90. The highest BCUT2D eigenvalue weighted by Crippen LogP contribution is 2.28. The number of carbonyl (C=O) groups is 3. The molecule has 2 aromatic heterocycles. The molecule has 0 saturated carbocycles. The van der Waals surface area contributed by atoms with E-state index in [4.69, 9.17) is 9.47 Å². The third-order valence-corrected chi connectivity index (χ3v) is 6.02. The van der Waals surface area contributed by atoms with Crippen LogP contribution >= 0.6 is 11.3 Å². The zero-order valence-corrected chi connectivity index (χ0v) is 18.4. The maximum absolute atomic E-state index is 13.0. The normalized spacial score (nSPS) is 10.7. The van der Waals surface area contributed by atoms with Crippen LogP contribution in [0.15, 0.2) is 54.7 Å². The largest absolute Gasteiger partial charge is 0.465 e. The van der Waals surface area contributed by atoms with E-state index < -0.39 is 11.9 Å². The molecule has 0 radical (unpaired) electrons. The predicted molar refractivity (Wildman–Crippen MR) is 120 cm³/mol. The number of nitrogens with one attached hydrogen (secondary N) is 1. The van der Waals surface area contributed by atoms with Crippen LogP contribution in [0.1, 0.15) is 36.1 Å². The number of hydrogen-bond donors (Lipinski definition) is 1. The number of anilines is 1. The molecule has 1 amide bonds. The minimum Gasteiger partial charge on any atom is -0.465 e. The standard InChI is InChI=1S/C23H19N3O5S/c1-13-19(32-23-25-18(12-26(13)23)14-7-5-4-6-8-14)20(27)24-17-10-15(21(28)30-2)9-16(11-17)22(29)31-3/h4-12H,1-3H3,(H,24,27). The fraction of sp³-hybridized carbons (Fsp3) is 0.130. The van der Waals surface area contributed by atoms with Gasteiger partial charge in [0.15, 0.2) is 4.96 Å². The molecule has 0 fully saturated rings. The summed E-state index contributed by atoms with van der Waals surface area (Å²) in [7, 11) is 2.47. The second kappa shape index (κ2) is 8.64. The van der Waals surface area contributed by atoms with Crippen LogP contribution in [0.25, 0.3) is 16.2 Å². The third-order valence-electron chi connectivity index (χ3n) is 4.87. The van der Waals surface area contributed by atoms with Gasteiger partial charge in [-0.3, -0.25) is 9.20 Å². The number of nitrogens with zero attached hydrogens (tertiary/aromatic N) is 2. The molecule has 2 aromatic carbocycles. The zero-order valence-electron chi connectivity index (χ0n) is 17.5. The lowest BCUT2D eigenvalue weighted by Crippen LogP contribution is -2.14. The summed E-state index contributed by atoms with van der Waals surface area (Å²) in [5, 5.41) is 2.75. The van der Waals surface area contributed by atoms with Crippen LogP contribution < -0.4 is 5.32 Å². The number of imidazole rings is 1. The van der Waals surface area contributed by atoms with Gasteiger partial charge in [0.2, 0.25) is 0 Å². The Hall–Kier alpha value is -3.98. The molecule has 4 aromatic rings. The summed E-state index contributed by atoms with van der Waals surface area (Å²) < 4.78 is 11.3. The number of benzene rings is 2. The van der Waals surface area contributed by atoms with Crippen LogP contribution in [-0.2, 0) is 9.47 Å². The van der Waals surface area contributed by atoms with Crippen molar-refractivity contribution in [2.24, 2.45) is 0 Å². The molecule has 4 rings (SSSR count). The number of ether oxygens (including phenoxy) is 2. The van der Waals surface area contributed by atoms with Crippen molar-refractivity contribution < 1.29 is 23.9 Å². The van der Waals surface area contributed by atoms with Crippen molar-refractivity contribution in [3.05, 3.63) is 76.4 Å². The van der Waals surface area contributed by atoms with Crippen molar-refractivity contribution >= 4 is 39.8 Å². The lowest BCUT2D eigenvalue weighted by atomic mass is 10.1. The molecule has 1 N–H and O–H groups in total. The molecule has 0 aliphatic rings. The molecule has 0 saturated heterocycles. The van der Waals surface area contributed by atoms with Gasteiger partial charge in [-0.1, -0.05) is 41.7 Å². The number of aromatic nitrogens is 2. The fourth-order valence-corrected chi connectivity index (χ4v) is 4.27. The smallest absolute Gasteiger partial charge is 0.337 e. The Bertz CT molecular complexity index is 1310. The van der Waals surface area contributed by atoms with E-state index in [2.05, 4.69) is 10.3 Å². The van der Waals surface area contributed by atoms with Gasteiger partial charge in [0, 0.05) is 23.1 Å². The van der Waals surface area contributed by atoms with Crippen LogP contribution in [0.5, 0.6) is 0 Å². The average Bonchev–Trinajstić information content (AvgIpc) is 3.37. The topological polar surface area (TPSA) is 99.0 Å². The first-order valence-corrected chi connectivity index (χ1v) is 10.4. The van der Waals surface area contributed by atoms with Crippen LogP contribution in [0.4, 0.5) is 5.69 Å². The first-order chi connectivity index (χ1) is 15.4. The Labute approximate surface area is 187 Å². The number of fused-ring (bicyclic) bond motifs is 1. The number of carbonyl (C=O) groups excluding carboxylic acids is 3. The SMILES string of the molecule is COC(=O)c1cc(NC(=O)c2sc3nc(-c4ccccc4)cn3c2C)cc(C(=O)OC)c1. The molecule has 2 heterocycles. The second-order valence-corrected chi connectivity index (χ2v) is 7.88. The van der Waals surface area contributed by atoms with Crippen molar-refractivity contribution in [2.45, 2.75) is 6.92 Å². The highest BCUT2D eigenvalue weighted by atomic mass is 32.1. The summed E-state index contributed by atoms with van der Waals surface area (Å²) in [5.74, 6) is -1.65. The number of hydrogen-bond acceptors (Lipinski definition) is 7. The van der Waals surface area contributed by atoms with Crippen LogP contribution in [-0.4, -0.2) is 41.5 Å². The molecule has 0 aliphatic carbocycles. The van der Waals surface area contributed by atoms with E-state index in [1.54, 1.807) is 0 Å². The van der Waals surface area contributed by atoms with Gasteiger partial charge in [-0.05, 0) is 25.1 Å². The molecule has 8 nitrogen and oxygen atoms in total. The molecular weight excluding hydrogens is 430 g/mol. The first kappa shape index (κ1) is 21.3. The maximum Gasteiger partial charge on any atom is 0.337 e. The Morgan fingerprint density at radius 3 is 2.16 bits per heavy atom. The average molecular weight is 449 g/mol. The van der Waals surface area contributed by atoms with Crippen molar-refractivity contribution in [3.63, 3.8) is 0 Å². The van der Waals surface area contributed by atoms with E-state index >= 15 is 0 Å². The van der Waals surface area contributed by atoms with E-state index in [9.17, 15) is 14.4 Å². The quantitative estimate of drug-likeness (QED) is 0.459. The minimum absolute atomic E-state index is 0.121. The van der Waals surface area contributed by atoms with Crippen LogP contribution in [0, 0.1) is 6.92 Å². The highest BCUT2D eigenvalue weighted by molar-refractivity contribution is 7.19. The Balaban J connectivity index is 1.65. The molecule has 0 unspecified atom stereocenters. The summed E-state index contributed by atoms with van der Waals surface area (Å²) >= 11 is 1.25. The van der Waals surface area contributed by atoms with E-state index in [1.165, 1.54) is 43.8 Å². The van der Waals surface area contributed by atoms with Crippen molar-refractivity contribution in [3.8, 4) is 11.3 Å². The van der Waals surface area contributed by atoms with Gasteiger partial charge in [0.05, 0.1) is 31.0 Å². The summed E-state index contributed by atoms with van der Waals surface area (Å²) in [6, 6.07) is 14.0. The molecule has 0 atom stereocenters. The molecule has 162 valence electrons. The summed E-state index contributed by atoms with van der Waals surface area (Å²) in [5.41, 5.74) is 3.05. The molecule has 0 aliphatic heterocycles. The van der Waals surface area contributed by atoms with E-state index in [-0.39, 0.29) is 22.7 Å². The Morgan fingerprint density at radius 1 is 0.969 bits per heavy atom. The monoisotopic (exact) mass is 449 g/mol. The number of esters is 2. The van der Waals surface area contributed by atoms with Gasteiger partial charge in [-0.2, -0.15) is 0 Å². The summed E-state index contributed by atoms with van der Waals surface area (Å²) in [6.45, 7) is 1.83. The van der Waals surface area contributed by atoms with Gasteiger partial charge in [-0.15, -0.1) is 0 Å². The number of thiazole rings is 1. The summed E-state index contributed by atoms with van der Waals surface area (Å²) in [4.78, 5) is 42.7. The highest BCUT2D eigenvalue weighted by Gasteiger charge is 2.20. The van der Waals surface area contributed by atoms with Crippen LogP contribution in [0.2, 0.25) is 0 Å². The van der Waals surface area contributed by atoms with E-state index in [1.807, 2.05) is 47.9 Å². The van der Waals surface area contributed by atoms with Crippen LogP contribution in [0.3, 0.4) is 0 Å². The van der Waals surface area contributed by atoms with Gasteiger partial charge >= 0.3 is 11.9 Å². The van der Waals surface area contributed by atoms with Gasteiger partial charge in [0.25, 0.3) is 5.91 Å². The summed E-state index contributed by atoms with van der Waals surface area (Å²) in [6.07, 6.45) is 1.89. The zero-order chi connectivity index (χ0) is 22.8. The fourth-order valence-electron chi connectivity index (χ4n) is 3.27. The van der Waals surface area contributed by atoms with Crippen molar-refractivity contribution in [1.82, 2.24) is 9.38 Å². The molecule has 0 spiro atoms. The number of aryl methyl sites for hydroxylation is 1. The number of amides is 1. The lowest BCUT2D eigenvalue weighted by molar-refractivity contribution is 0.0599. The number of rotatable bonds is 5. The maximum atomic E-state index is 13.0. The van der Waals surface area contributed by atoms with Crippen molar-refractivity contribution in [1.29, 1.82) is 0 Å². The van der Waals surface area contributed by atoms with Gasteiger partial charge < -0.3 is 14.8 Å². The van der Waals surface area contributed by atoms with Crippen molar-refractivity contribution in [2.75, 3.05) is 19.5 Å². The Morgan fingerprint density at radius 2 is 1.59 bits per heavy atom. The van der Waals surface area contributed by atoms with Gasteiger partial charge in [-0.25, -0.2) is 14.6 Å². The molecular formula is C23H19N3O5S. The first-order valence-electron chi connectivity index (χ1n) is 9.58. The predicted octanol–water partition coefficient (Wildman–Crippen LogP) is 4.20. The molecule has 32 heavy (non-hydrogen) atoms. The van der Waals surface area contributed by atoms with E-state index in [0.717, 1.165) is 17.0 Å². The van der Waals surface area contributed by atoms with E-state index in [0.29, 0.717) is 9.84 Å². The lowest BCUT2D eigenvalue weighted by Gasteiger charge is -2.09. The molecule has 9 heteroatoms. The van der Waals surface area contributed by atoms with Gasteiger partial charge in [0.1, 0.15) is 4.88 Å². The Kier molecular flexibility index (Phi) is 5.74. The molecule has 0 bridgehead atoms. The third kappa shape index (κ3) is 3.97. The minimum atomic E-state index is -0.634.